The Balaban J connectivity index is 1.95. The molecule has 2 heterocycles. The molecule has 1 fully saturated rings. The van der Waals surface area contributed by atoms with Gasteiger partial charge in [-0.15, -0.1) is 0 Å². The first-order valence-electron chi connectivity index (χ1n) is 5.51. The molecule has 1 saturated heterocycles. The number of likely N-dealkylation sites (tertiary alicyclic amines) is 1. The number of hydrogen-bond acceptors (Lipinski definition) is 6. The van der Waals surface area contributed by atoms with Crippen LogP contribution in [0.5, 0.6) is 0 Å². The lowest BCUT2D eigenvalue weighted by Gasteiger charge is -2.32. The number of anilines is 1. The summed E-state index contributed by atoms with van der Waals surface area (Å²) in [6.07, 6.45) is 4.97. The van der Waals surface area contributed by atoms with E-state index in [1.807, 2.05) is 4.90 Å². The fourth-order valence-corrected chi connectivity index (χ4v) is 2.71. The minimum absolute atomic E-state index is 0.114. The Morgan fingerprint density at radius 3 is 2.65 bits per heavy atom. The molecule has 0 amide bonds. The first-order chi connectivity index (χ1) is 8.16. The van der Waals surface area contributed by atoms with E-state index in [-0.39, 0.29) is 5.88 Å². The first kappa shape index (κ1) is 12.4. The fraction of sp³-hybridized carbons (Fsp3) is 0.600. The van der Waals surface area contributed by atoms with Crippen molar-refractivity contribution >= 4 is 16.9 Å². The van der Waals surface area contributed by atoms with Crippen LogP contribution in [0.1, 0.15) is 24.5 Å². The summed E-state index contributed by atoms with van der Waals surface area (Å²) in [4.78, 5) is 10.2. The second-order valence-electron chi connectivity index (χ2n) is 4.15. The SMILES string of the molecule is Nc1nccnc1C1CCN(CS(=O)[O-])CC1. The van der Waals surface area contributed by atoms with Crippen LogP contribution in [0.25, 0.3) is 0 Å². The highest BCUT2D eigenvalue weighted by Crippen LogP contribution is 2.28. The maximum Gasteiger partial charge on any atom is 0.145 e. The predicted octanol–water partition coefficient (Wildman–Crippen LogP) is 0.0748. The Kier molecular flexibility index (Phi) is 4.03. The molecular formula is C10H15N4O2S-. The molecule has 2 rings (SSSR count). The second kappa shape index (κ2) is 5.52. The van der Waals surface area contributed by atoms with E-state index in [4.69, 9.17) is 5.73 Å². The number of aromatic nitrogens is 2. The van der Waals surface area contributed by atoms with E-state index in [9.17, 15) is 8.76 Å². The van der Waals surface area contributed by atoms with E-state index in [0.29, 0.717) is 11.7 Å². The van der Waals surface area contributed by atoms with Crippen LogP contribution < -0.4 is 5.73 Å². The van der Waals surface area contributed by atoms with E-state index in [1.54, 1.807) is 12.4 Å². The molecule has 1 aliphatic rings. The zero-order valence-electron chi connectivity index (χ0n) is 9.41. The predicted molar refractivity (Wildman–Crippen MR) is 63.8 cm³/mol. The standard InChI is InChI=1S/C10H16N4O2S/c11-10-9(12-3-4-13-10)8-1-5-14(6-2-8)7-17(15)16/h3-4,8H,1-2,5-7H2,(H2,11,13)(H,15,16)/p-1. The maximum absolute atomic E-state index is 10.6. The molecule has 94 valence electrons. The molecular weight excluding hydrogens is 240 g/mol. The van der Waals surface area contributed by atoms with Crippen LogP contribution in [0.15, 0.2) is 12.4 Å². The Morgan fingerprint density at radius 2 is 2.06 bits per heavy atom. The first-order valence-corrected chi connectivity index (χ1v) is 6.76. The van der Waals surface area contributed by atoms with Gasteiger partial charge in [0.1, 0.15) is 5.82 Å². The van der Waals surface area contributed by atoms with Gasteiger partial charge in [-0.1, -0.05) is 0 Å². The minimum Gasteiger partial charge on any atom is -0.771 e. The molecule has 1 atom stereocenters. The monoisotopic (exact) mass is 255 g/mol. The van der Waals surface area contributed by atoms with Crippen molar-refractivity contribution in [2.45, 2.75) is 18.8 Å². The summed E-state index contributed by atoms with van der Waals surface area (Å²) in [5.74, 6) is 0.890. The Morgan fingerprint density at radius 1 is 1.41 bits per heavy atom. The van der Waals surface area contributed by atoms with Gasteiger partial charge in [0.05, 0.1) is 11.6 Å². The highest BCUT2D eigenvalue weighted by Gasteiger charge is 2.23. The third-order valence-electron chi connectivity index (χ3n) is 3.02. The van der Waals surface area contributed by atoms with Crippen molar-refractivity contribution in [1.82, 2.24) is 14.9 Å². The van der Waals surface area contributed by atoms with Crippen molar-refractivity contribution in [3.8, 4) is 0 Å². The Labute approximate surface area is 103 Å². The van der Waals surface area contributed by atoms with Gasteiger partial charge < -0.3 is 10.3 Å². The van der Waals surface area contributed by atoms with E-state index >= 15 is 0 Å². The van der Waals surface area contributed by atoms with Gasteiger partial charge in [-0.3, -0.25) is 14.1 Å². The van der Waals surface area contributed by atoms with Crippen LogP contribution in [0, 0.1) is 0 Å². The van der Waals surface area contributed by atoms with Crippen LogP contribution in [0.2, 0.25) is 0 Å². The van der Waals surface area contributed by atoms with Gasteiger partial charge in [0.15, 0.2) is 0 Å². The molecule has 2 N–H and O–H groups in total. The largest absolute Gasteiger partial charge is 0.771 e. The molecule has 0 spiro atoms. The normalized spacial score (nSPS) is 20.3. The van der Waals surface area contributed by atoms with Gasteiger partial charge >= 0.3 is 0 Å². The van der Waals surface area contributed by atoms with E-state index < -0.39 is 11.1 Å². The summed E-state index contributed by atoms with van der Waals surface area (Å²) in [5.41, 5.74) is 6.62. The van der Waals surface area contributed by atoms with Crippen molar-refractivity contribution in [2.24, 2.45) is 0 Å². The van der Waals surface area contributed by atoms with Crippen LogP contribution in [-0.2, 0) is 11.1 Å². The summed E-state index contributed by atoms with van der Waals surface area (Å²) in [5, 5.41) is 0. The molecule has 0 aromatic carbocycles. The third-order valence-corrected chi connectivity index (χ3v) is 3.59. The van der Waals surface area contributed by atoms with Crippen LogP contribution in [0.3, 0.4) is 0 Å². The smallest absolute Gasteiger partial charge is 0.145 e. The van der Waals surface area contributed by atoms with Crippen molar-refractivity contribution < 1.29 is 8.76 Å². The number of nitrogen functional groups attached to an aromatic ring is 1. The average Bonchev–Trinajstić information content (AvgIpc) is 2.30. The molecule has 7 heteroatoms. The van der Waals surface area contributed by atoms with Gasteiger partial charge in [0, 0.05) is 18.3 Å². The molecule has 1 aromatic heterocycles. The number of rotatable bonds is 3. The number of nitrogens with zero attached hydrogens (tertiary/aromatic N) is 3. The van der Waals surface area contributed by atoms with Crippen LogP contribution >= 0.6 is 0 Å². The van der Waals surface area contributed by atoms with Crippen molar-refractivity contribution in [1.29, 1.82) is 0 Å². The topological polar surface area (TPSA) is 95.2 Å². The number of hydrogen-bond donors (Lipinski definition) is 1. The van der Waals surface area contributed by atoms with Gasteiger partial charge in [0.2, 0.25) is 0 Å². The summed E-state index contributed by atoms with van der Waals surface area (Å²) in [6, 6.07) is 0. The molecule has 0 bridgehead atoms. The van der Waals surface area contributed by atoms with E-state index in [1.165, 1.54) is 0 Å². The lowest BCUT2D eigenvalue weighted by molar-refractivity contribution is 0.238. The average molecular weight is 255 g/mol. The van der Waals surface area contributed by atoms with Crippen molar-refractivity contribution in [3.05, 3.63) is 18.1 Å². The van der Waals surface area contributed by atoms with E-state index in [0.717, 1.165) is 31.6 Å². The van der Waals surface area contributed by atoms with Crippen LogP contribution in [0.4, 0.5) is 5.82 Å². The van der Waals surface area contributed by atoms with E-state index in [2.05, 4.69) is 9.97 Å². The highest BCUT2D eigenvalue weighted by molar-refractivity contribution is 7.79. The van der Waals surface area contributed by atoms with Gasteiger partial charge in [-0.05, 0) is 37.0 Å². The lowest BCUT2D eigenvalue weighted by Crippen LogP contribution is -2.35. The fourth-order valence-electron chi connectivity index (χ4n) is 2.16. The summed E-state index contributed by atoms with van der Waals surface area (Å²) >= 11 is -2.00. The highest BCUT2D eigenvalue weighted by atomic mass is 32.2. The second-order valence-corrected chi connectivity index (χ2v) is 5.02. The maximum atomic E-state index is 10.6. The van der Waals surface area contributed by atoms with Gasteiger partial charge in [-0.25, -0.2) is 4.98 Å². The number of piperidine rings is 1. The van der Waals surface area contributed by atoms with Crippen LogP contribution in [-0.4, -0.2) is 42.6 Å². The van der Waals surface area contributed by atoms with Crippen molar-refractivity contribution in [2.75, 3.05) is 24.7 Å². The molecule has 0 aliphatic carbocycles. The summed E-state index contributed by atoms with van der Waals surface area (Å²) in [7, 11) is 0. The zero-order valence-corrected chi connectivity index (χ0v) is 10.2. The van der Waals surface area contributed by atoms with Crippen molar-refractivity contribution in [3.63, 3.8) is 0 Å². The Hall–Kier alpha value is -1.05. The molecule has 0 radical (unpaired) electrons. The third kappa shape index (κ3) is 3.21. The zero-order chi connectivity index (χ0) is 12.3. The quantitative estimate of drug-likeness (QED) is 0.768. The Bertz CT molecular complexity index is 407. The molecule has 1 unspecified atom stereocenters. The molecule has 17 heavy (non-hydrogen) atoms. The lowest BCUT2D eigenvalue weighted by atomic mass is 9.93. The van der Waals surface area contributed by atoms with Gasteiger partial charge in [0.25, 0.3) is 0 Å². The minimum atomic E-state index is -2.00. The number of nitrogens with two attached hydrogens (primary N) is 1. The summed E-state index contributed by atoms with van der Waals surface area (Å²) in [6.45, 7) is 1.52. The molecule has 1 aliphatic heterocycles. The molecule has 6 nitrogen and oxygen atoms in total. The molecule has 1 aromatic rings. The summed E-state index contributed by atoms with van der Waals surface area (Å²) < 4.78 is 21.2. The van der Waals surface area contributed by atoms with Gasteiger partial charge in [-0.2, -0.15) is 0 Å². The molecule has 0 saturated carbocycles.